The van der Waals surface area contributed by atoms with Crippen LogP contribution in [0.4, 0.5) is 5.82 Å². The number of anilines is 1. The maximum absolute atomic E-state index is 10.2. The van der Waals surface area contributed by atoms with Crippen LogP contribution in [0.25, 0.3) is 0 Å². The molecule has 1 fully saturated rings. The average Bonchev–Trinajstić information content (AvgIpc) is 2.51. The van der Waals surface area contributed by atoms with Crippen molar-refractivity contribution in [2.75, 3.05) is 18.0 Å². The highest BCUT2D eigenvalue weighted by Crippen LogP contribution is 2.29. The van der Waals surface area contributed by atoms with Crippen LogP contribution in [0, 0.1) is 6.92 Å². The summed E-state index contributed by atoms with van der Waals surface area (Å²) in [4.78, 5) is 2.48. The van der Waals surface area contributed by atoms with Gasteiger partial charge in [-0.1, -0.05) is 12.2 Å². The van der Waals surface area contributed by atoms with Gasteiger partial charge < -0.3 is 15.7 Å². The van der Waals surface area contributed by atoms with Crippen molar-refractivity contribution in [2.24, 2.45) is 12.8 Å². The number of aryl methyl sites for hydroxylation is 2. The molecule has 1 atom stereocenters. The maximum atomic E-state index is 10.2. The van der Waals surface area contributed by atoms with Crippen LogP contribution in [0.1, 0.15) is 31.0 Å². The van der Waals surface area contributed by atoms with E-state index in [9.17, 15) is 5.11 Å². The molecule has 18 heavy (non-hydrogen) atoms. The summed E-state index contributed by atoms with van der Waals surface area (Å²) in [6.45, 7) is 5.25. The first kappa shape index (κ1) is 13.3. The average molecular weight is 268 g/mol. The molecule has 0 aromatic carbocycles. The molecule has 1 aromatic rings. The van der Waals surface area contributed by atoms with Crippen molar-refractivity contribution in [3.63, 3.8) is 0 Å². The number of nitrogens with zero attached hydrogens (tertiary/aromatic N) is 3. The number of piperidine rings is 1. The molecular weight excluding hydrogens is 248 g/mol. The molecule has 0 bridgehead atoms. The fourth-order valence-electron chi connectivity index (χ4n) is 2.70. The van der Waals surface area contributed by atoms with Crippen molar-refractivity contribution >= 4 is 23.0 Å². The first-order valence-electron chi connectivity index (χ1n) is 6.12. The molecule has 0 spiro atoms. The van der Waals surface area contributed by atoms with Gasteiger partial charge in [0.1, 0.15) is 10.8 Å². The Hall–Kier alpha value is -1.14. The summed E-state index contributed by atoms with van der Waals surface area (Å²) in [6.07, 6.45) is 1.77. The smallest absolute Gasteiger partial charge is 0.137 e. The molecule has 100 valence electrons. The van der Waals surface area contributed by atoms with Gasteiger partial charge in [-0.25, -0.2) is 0 Å². The predicted molar refractivity (Wildman–Crippen MR) is 75.9 cm³/mol. The van der Waals surface area contributed by atoms with Crippen LogP contribution in [-0.2, 0) is 7.05 Å². The minimum Gasteiger partial charge on any atom is -0.389 e. The normalized spacial score (nSPS) is 24.3. The van der Waals surface area contributed by atoms with E-state index < -0.39 is 5.60 Å². The van der Waals surface area contributed by atoms with Gasteiger partial charge in [-0.2, -0.15) is 5.10 Å². The third-order valence-corrected chi connectivity index (χ3v) is 3.62. The van der Waals surface area contributed by atoms with Crippen LogP contribution in [0.2, 0.25) is 0 Å². The van der Waals surface area contributed by atoms with E-state index in [0.29, 0.717) is 11.5 Å². The van der Waals surface area contributed by atoms with Gasteiger partial charge in [0, 0.05) is 20.1 Å². The van der Waals surface area contributed by atoms with E-state index in [2.05, 4.69) is 10.00 Å². The molecular formula is C12H20N4OS. The third-order valence-electron chi connectivity index (χ3n) is 3.41. The van der Waals surface area contributed by atoms with Crippen LogP contribution in [-0.4, -0.2) is 38.6 Å². The lowest BCUT2D eigenvalue weighted by molar-refractivity contribution is 0.0445. The molecule has 6 heteroatoms. The van der Waals surface area contributed by atoms with Crippen molar-refractivity contribution in [3.8, 4) is 0 Å². The second-order valence-electron chi connectivity index (χ2n) is 5.29. The Labute approximate surface area is 113 Å². The number of thiocarbonyl (C=S) groups is 1. The summed E-state index contributed by atoms with van der Waals surface area (Å²) < 4.78 is 1.80. The van der Waals surface area contributed by atoms with Crippen LogP contribution in [0.15, 0.2) is 0 Å². The second-order valence-corrected chi connectivity index (χ2v) is 5.73. The SMILES string of the molecule is Cc1nn(C)c(N2CCCC(C)(O)C2)c1C(N)=S. The van der Waals surface area contributed by atoms with E-state index in [4.69, 9.17) is 18.0 Å². The molecule has 1 aliphatic rings. The van der Waals surface area contributed by atoms with Crippen molar-refractivity contribution < 1.29 is 5.11 Å². The highest BCUT2D eigenvalue weighted by atomic mass is 32.1. The summed E-state index contributed by atoms with van der Waals surface area (Å²) in [5, 5.41) is 14.6. The molecule has 5 nitrogen and oxygen atoms in total. The zero-order valence-corrected chi connectivity index (χ0v) is 11.9. The number of rotatable bonds is 2. The Balaban J connectivity index is 2.41. The molecule has 1 aromatic heterocycles. The van der Waals surface area contributed by atoms with Gasteiger partial charge >= 0.3 is 0 Å². The Morgan fingerprint density at radius 1 is 1.56 bits per heavy atom. The van der Waals surface area contributed by atoms with Gasteiger partial charge in [-0.15, -0.1) is 0 Å². The first-order valence-corrected chi connectivity index (χ1v) is 6.53. The summed E-state index contributed by atoms with van der Waals surface area (Å²) in [5.74, 6) is 0.917. The first-order chi connectivity index (χ1) is 8.32. The summed E-state index contributed by atoms with van der Waals surface area (Å²) in [6, 6.07) is 0. The molecule has 1 aliphatic heterocycles. The van der Waals surface area contributed by atoms with E-state index in [-0.39, 0.29) is 0 Å². The zero-order chi connectivity index (χ0) is 13.5. The van der Waals surface area contributed by atoms with Crippen LogP contribution < -0.4 is 10.6 Å². The Morgan fingerprint density at radius 3 is 2.78 bits per heavy atom. The van der Waals surface area contributed by atoms with Crippen LogP contribution in [0.3, 0.4) is 0 Å². The lowest BCUT2D eigenvalue weighted by Gasteiger charge is -2.38. The van der Waals surface area contributed by atoms with E-state index >= 15 is 0 Å². The predicted octanol–water partition coefficient (Wildman–Crippen LogP) is 0.714. The van der Waals surface area contributed by atoms with Gasteiger partial charge in [0.05, 0.1) is 16.9 Å². The minimum atomic E-state index is -0.663. The van der Waals surface area contributed by atoms with Crippen molar-refractivity contribution in [3.05, 3.63) is 11.3 Å². The van der Waals surface area contributed by atoms with Crippen LogP contribution >= 0.6 is 12.2 Å². The van der Waals surface area contributed by atoms with Gasteiger partial charge in [-0.3, -0.25) is 4.68 Å². The summed E-state index contributed by atoms with van der Waals surface area (Å²) >= 11 is 5.11. The third kappa shape index (κ3) is 2.35. The quantitative estimate of drug-likeness (QED) is 0.773. The molecule has 1 unspecified atom stereocenters. The van der Waals surface area contributed by atoms with Crippen molar-refractivity contribution in [1.82, 2.24) is 9.78 Å². The fraction of sp³-hybridized carbons (Fsp3) is 0.667. The van der Waals surface area contributed by atoms with E-state index in [1.807, 2.05) is 20.9 Å². The number of β-amino-alcohol motifs (C(OH)–C–C–N with tert-alkyl or cyclic N) is 1. The highest BCUT2D eigenvalue weighted by molar-refractivity contribution is 7.80. The molecule has 0 amide bonds. The number of aliphatic hydroxyl groups is 1. The largest absolute Gasteiger partial charge is 0.389 e. The summed E-state index contributed by atoms with van der Waals surface area (Å²) in [7, 11) is 1.88. The number of hydrogen-bond donors (Lipinski definition) is 2. The molecule has 2 rings (SSSR count). The highest BCUT2D eigenvalue weighted by Gasteiger charge is 2.31. The van der Waals surface area contributed by atoms with E-state index in [1.54, 1.807) is 4.68 Å². The molecule has 0 radical (unpaired) electrons. The molecule has 1 saturated heterocycles. The molecule has 0 aliphatic carbocycles. The van der Waals surface area contributed by atoms with Gasteiger partial charge in [-0.05, 0) is 26.7 Å². The van der Waals surface area contributed by atoms with Crippen LogP contribution in [0.5, 0.6) is 0 Å². The fourth-order valence-corrected chi connectivity index (χ4v) is 2.94. The van der Waals surface area contributed by atoms with Crippen molar-refractivity contribution in [2.45, 2.75) is 32.3 Å². The van der Waals surface area contributed by atoms with E-state index in [1.165, 1.54) is 0 Å². The number of nitrogens with two attached hydrogens (primary N) is 1. The zero-order valence-electron chi connectivity index (χ0n) is 11.1. The number of aromatic nitrogens is 2. The second kappa shape index (κ2) is 4.51. The summed E-state index contributed by atoms with van der Waals surface area (Å²) in [5.41, 5.74) is 6.79. The monoisotopic (exact) mass is 268 g/mol. The lowest BCUT2D eigenvalue weighted by atomic mass is 9.95. The van der Waals surface area contributed by atoms with Gasteiger partial charge in [0.15, 0.2) is 0 Å². The number of hydrogen-bond acceptors (Lipinski definition) is 4. The van der Waals surface area contributed by atoms with Gasteiger partial charge in [0.2, 0.25) is 0 Å². The topological polar surface area (TPSA) is 67.3 Å². The van der Waals surface area contributed by atoms with Gasteiger partial charge in [0.25, 0.3) is 0 Å². The van der Waals surface area contributed by atoms with Crippen molar-refractivity contribution in [1.29, 1.82) is 0 Å². The molecule has 3 N–H and O–H groups in total. The Kier molecular flexibility index (Phi) is 3.33. The Morgan fingerprint density at radius 2 is 2.22 bits per heavy atom. The molecule has 2 heterocycles. The standard InChI is InChI=1S/C12H20N4OS/c1-8-9(10(13)18)11(15(3)14-8)16-6-4-5-12(2,17)7-16/h17H,4-7H2,1-3H3,(H2,13,18). The Bertz CT molecular complexity index is 481. The molecule has 0 saturated carbocycles. The lowest BCUT2D eigenvalue weighted by Crippen LogP contribution is -2.47. The van der Waals surface area contributed by atoms with E-state index in [0.717, 1.165) is 36.5 Å². The maximum Gasteiger partial charge on any atom is 0.137 e. The minimum absolute atomic E-state index is 0.362.